The van der Waals surface area contributed by atoms with Gasteiger partial charge in [0.2, 0.25) is 0 Å². The molecule has 0 aromatic heterocycles. The van der Waals surface area contributed by atoms with Gasteiger partial charge in [0.1, 0.15) is 11.7 Å². The number of hydrogen-bond donors (Lipinski definition) is 0. The van der Waals surface area contributed by atoms with Gasteiger partial charge in [-0.05, 0) is 18.1 Å². The van der Waals surface area contributed by atoms with Gasteiger partial charge < -0.3 is 4.74 Å². The summed E-state index contributed by atoms with van der Waals surface area (Å²) >= 11 is 0. The third-order valence-corrected chi connectivity index (χ3v) is 2.61. The van der Waals surface area contributed by atoms with E-state index in [-0.39, 0.29) is 12.2 Å². The van der Waals surface area contributed by atoms with Crippen molar-refractivity contribution in [2.45, 2.75) is 19.8 Å². The highest BCUT2D eigenvalue weighted by Crippen LogP contribution is 2.13. The zero-order valence-electron chi connectivity index (χ0n) is 9.90. The third-order valence-electron chi connectivity index (χ3n) is 2.61. The van der Waals surface area contributed by atoms with Crippen molar-refractivity contribution >= 4 is 11.8 Å². The number of hydrogen-bond acceptors (Lipinski definition) is 3. The monoisotopic (exact) mass is 238 g/mol. The van der Waals surface area contributed by atoms with Crippen LogP contribution in [0.4, 0.5) is 4.39 Å². The lowest BCUT2D eigenvalue weighted by atomic mass is 9.95. The molecule has 17 heavy (non-hydrogen) atoms. The maximum atomic E-state index is 13.3. The summed E-state index contributed by atoms with van der Waals surface area (Å²) in [6.45, 7) is 1.72. The lowest BCUT2D eigenvalue weighted by Gasteiger charge is -2.11. The highest BCUT2D eigenvalue weighted by atomic mass is 19.1. The lowest BCUT2D eigenvalue weighted by molar-refractivity contribution is -0.149. The standard InChI is InChI=1S/C13H15FO3/c1-3-10(13(16)17-2)12(15)8-9-6-4-5-7-11(9)14/h4-7,10H,3,8H2,1-2H3. The van der Waals surface area contributed by atoms with Gasteiger partial charge in [0.25, 0.3) is 0 Å². The van der Waals surface area contributed by atoms with Crippen LogP contribution in [0.2, 0.25) is 0 Å². The van der Waals surface area contributed by atoms with Crippen LogP contribution in [0.5, 0.6) is 0 Å². The van der Waals surface area contributed by atoms with Crippen LogP contribution in [-0.2, 0) is 20.7 Å². The molecule has 92 valence electrons. The minimum atomic E-state index is -0.806. The number of carbonyl (C=O) groups is 2. The second-order valence-corrected chi connectivity index (χ2v) is 3.72. The Balaban J connectivity index is 2.78. The Labute approximate surface area is 99.6 Å². The van der Waals surface area contributed by atoms with E-state index in [0.29, 0.717) is 12.0 Å². The SMILES string of the molecule is CCC(C(=O)Cc1ccccc1F)C(=O)OC. The minimum absolute atomic E-state index is 0.0831. The van der Waals surface area contributed by atoms with E-state index in [4.69, 9.17) is 0 Å². The van der Waals surface area contributed by atoms with Crippen LogP contribution in [0.15, 0.2) is 24.3 Å². The molecule has 0 fully saturated rings. The molecular formula is C13H15FO3. The van der Waals surface area contributed by atoms with E-state index in [1.54, 1.807) is 19.1 Å². The van der Waals surface area contributed by atoms with E-state index in [1.165, 1.54) is 19.2 Å². The third kappa shape index (κ3) is 3.37. The molecule has 1 unspecified atom stereocenters. The van der Waals surface area contributed by atoms with Crippen LogP contribution >= 0.6 is 0 Å². The lowest BCUT2D eigenvalue weighted by Crippen LogP contribution is -2.26. The van der Waals surface area contributed by atoms with Gasteiger partial charge in [-0.25, -0.2) is 4.39 Å². The number of ketones is 1. The molecule has 0 aliphatic carbocycles. The molecule has 1 rings (SSSR count). The fourth-order valence-electron chi connectivity index (χ4n) is 1.62. The summed E-state index contributed by atoms with van der Waals surface area (Å²) in [6, 6.07) is 6.05. The summed E-state index contributed by atoms with van der Waals surface area (Å²) in [4.78, 5) is 23.2. The van der Waals surface area contributed by atoms with E-state index < -0.39 is 17.7 Å². The van der Waals surface area contributed by atoms with Gasteiger partial charge in [-0.1, -0.05) is 25.1 Å². The summed E-state index contributed by atoms with van der Waals surface area (Å²) in [7, 11) is 1.24. The van der Waals surface area contributed by atoms with Crippen molar-refractivity contribution in [1.29, 1.82) is 0 Å². The van der Waals surface area contributed by atoms with E-state index in [1.807, 2.05) is 0 Å². The number of Topliss-reactive ketones (excluding diaryl/α,β-unsaturated/α-hetero) is 1. The van der Waals surface area contributed by atoms with Crippen molar-refractivity contribution in [3.8, 4) is 0 Å². The maximum Gasteiger partial charge on any atom is 0.316 e. The molecule has 0 bridgehead atoms. The average Bonchev–Trinajstić information content (AvgIpc) is 2.32. The molecule has 0 heterocycles. The quantitative estimate of drug-likeness (QED) is 0.583. The summed E-state index contributed by atoms with van der Waals surface area (Å²) < 4.78 is 17.9. The number of halogens is 1. The summed E-state index contributed by atoms with van der Waals surface area (Å²) in [5, 5.41) is 0. The number of ether oxygens (including phenoxy) is 1. The molecular weight excluding hydrogens is 223 g/mol. The van der Waals surface area contributed by atoms with Crippen LogP contribution < -0.4 is 0 Å². The topological polar surface area (TPSA) is 43.4 Å². The highest BCUT2D eigenvalue weighted by molar-refractivity contribution is 5.99. The minimum Gasteiger partial charge on any atom is -0.468 e. The molecule has 0 amide bonds. The van der Waals surface area contributed by atoms with Crippen LogP contribution in [0.25, 0.3) is 0 Å². The van der Waals surface area contributed by atoms with Crippen molar-refractivity contribution < 1.29 is 18.7 Å². The zero-order valence-corrected chi connectivity index (χ0v) is 9.90. The van der Waals surface area contributed by atoms with Gasteiger partial charge in [0.15, 0.2) is 5.78 Å². The summed E-state index contributed by atoms with van der Waals surface area (Å²) in [6.07, 6.45) is 0.278. The Bertz CT molecular complexity index is 415. The van der Waals surface area contributed by atoms with Gasteiger partial charge >= 0.3 is 5.97 Å². The zero-order chi connectivity index (χ0) is 12.8. The van der Waals surface area contributed by atoms with Crippen molar-refractivity contribution in [2.75, 3.05) is 7.11 Å². The first-order chi connectivity index (χ1) is 8.10. The Morgan fingerprint density at radius 3 is 2.53 bits per heavy atom. The van der Waals surface area contributed by atoms with Gasteiger partial charge in [0, 0.05) is 6.42 Å². The molecule has 0 radical (unpaired) electrons. The molecule has 3 nitrogen and oxygen atoms in total. The Kier molecular flexibility index (Phi) is 4.82. The summed E-state index contributed by atoms with van der Waals surface area (Å²) in [5.74, 6) is -2.11. The molecule has 0 aliphatic rings. The first-order valence-electron chi connectivity index (χ1n) is 5.44. The normalized spacial score (nSPS) is 11.9. The van der Waals surface area contributed by atoms with Gasteiger partial charge in [-0.2, -0.15) is 0 Å². The Morgan fingerprint density at radius 2 is 2.00 bits per heavy atom. The van der Waals surface area contributed by atoms with Gasteiger partial charge in [-0.3, -0.25) is 9.59 Å². The Morgan fingerprint density at radius 1 is 1.35 bits per heavy atom. The van der Waals surface area contributed by atoms with E-state index in [0.717, 1.165) is 0 Å². The van der Waals surface area contributed by atoms with E-state index >= 15 is 0 Å². The second kappa shape index (κ2) is 6.13. The van der Waals surface area contributed by atoms with Crippen LogP contribution in [0.1, 0.15) is 18.9 Å². The number of carbonyl (C=O) groups excluding carboxylic acids is 2. The summed E-state index contributed by atoms with van der Waals surface area (Å²) in [5.41, 5.74) is 0.305. The molecule has 0 aliphatic heterocycles. The fraction of sp³-hybridized carbons (Fsp3) is 0.385. The fourth-order valence-corrected chi connectivity index (χ4v) is 1.62. The number of benzene rings is 1. The van der Waals surface area contributed by atoms with Crippen LogP contribution in [0.3, 0.4) is 0 Å². The van der Waals surface area contributed by atoms with E-state index in [9.17, 15) is 14.0 Å². The number of methoxy groups -OCH3 is 1. The van der Waals surface area contributed by atoms with Crippen molar-refractivity contribution in [3.05, 3.63) is 35.6 Å². The molecule has 0 spiro atoms. The Hall–Kier alpha value is -1.71. The predicted molar refractivity (Wildman–Crippen MR) is 60.9 cm³/mol. The van der Waals surface area contributed by atoms with Gasteiger partial charge in [0.05, 0.1) is 7.11 Å². The second-order valence-electron chi connectivity index (χ2n) is 3.72. The molecule has 0 saturated heterocycles. The molecule has 1 aromatic carbocycles. The number of rotatable bonds is 5. The molecule has 1 atom stereocenters. The van der Waals surface area contributed by atoms with Gasteiger partial charge in [-0.15, -0.1) is 0 Å². The largest absolute Gasteiger partial charge is 0.468 e. The molecule has 1 aromatic rings. The van der Waals surface area contributed by atoms with Crippen LogP contribution in [-0.4, -0.2) is 18.9 Å². The smallest absolute Gasteiger partial charge is 0.316 e. The molecule has 0 saturated carbocycles. The first-order valence-corrected chi connectivity index (χ1v) is 5.44. The van der Waals surface area contributed by atoms with Crippen molar-refractivity contribution in [3.63, 3.8) is 0 Å². The predicted octanol–water partition coefficient (Wildman–Crippen LogP) is 2.14. The maximum absolute atomic E-state index is 13.3. The highest BCUT2D eigenvalue weighted by Gasteiger charge is 2.25. The average molecular weight is 238 g/mol. The van der Waals surface area contributed by atoms with Crippen LogP contribution in [0, 0.1) is 11.7 Å². The van der Waals surface area contributed by atoms with Crippen molar-refractivity contribution in [1.82, 2.24) is 0 Å². The van der Waals surface area contributed by atoms with Crippen molar-refractivity contribution in [2.24, 2.45) is 5.92 Å². The number of esters is 1. The van der Waals surface area contributed by atoms with E-state index in [2.05, 4.69) is 4.74 Å². The molecule has 0 N–H and O–H groups in total. The first kappa shape index (κ1) is 13.4. The molecule has 4 heteroatoms.